The normalized spacial score (nSPS) is 10.6. The Morgan fingerprint density at radius 3 is 1.00 bits per heavy atom. The Kier molecular flexibility index (Phi) is 6.52. The molecular formula is C13H25N3O3. The molecule has 0 unspecified atom stereocenters. The van der Waals surface area contributed by atoms with Crippen molar-refractivity contribution in [3.8, 4) is 0 Å². The molecule has 0 aliphatic carbocycles. The summed E-state index contributed by atoms with van der Waals surface area (Å²) in [5.41, 5.74) is -1.82. The molecule has 0 atom stereocenters. The van der Waals surface area contributed by atoms with Gasteiger partial charge in [0.25, 0.3) is 0 Å². The summed E-state index contributed by atoms with van der Waals surface area (Å²) in [7, 11) is 3.97. The topological polar surface area (TPSA) is 66.0 Å². The largest absolute Gasteiger partial charge is 0.335 e. The molecule has 0 amide bonds. The van der Waals surface area contributed by atoms with Gasteiger partial charge >= 0.3 is 17.1 Å². The summed E-state index contributed by atoms with van der Waals surface area (Å²) in [6.07, 6.45) is 1.36. The van der Waals surface area contributed by atoms with Crippen molar-refractivity contribution in [3.63, 3.8) is 0 Å². The Morgan fingerprint density at radius 1 is 0.684 bits per heavy atom. The SMILES string of the molecule is CC(C)CC(C)C.Cn1c(=O)n(C)c(=O)n(C)c1=O. The quantitative estimate of drug-likeness (QED) is 0.785. The molecule has 1 rings (SSSR count). The zero-order valence-electron chi connectivity index (χ0n) is 12.9. The summed E-state index contributed by atoms with van der Waals surface area (Å²) >= 11 is 0. The van der Waals surface area contributed by atoms with Crippen molar-refractivity contribution in [2.24, 2.45) is 33.0 Å². The molecule has 0 aliphatic heterocycles. The fourth-order valence-corrected chi connectivity index (χ4v) is 1.86. The minimum Gasteiger partial charge on any atom is -0.248 e. The van der Waals surface area contributed by atoms with Gasteiger partial charge in [-0.2, -0.15) is 0 Å². The maximum atomic E-state index is 11.1. The predicted molar refractivity (Wildman–Crippen MR) is 76.5 cm³/mol. The molecule has 6 heteroatoms. The first kappa shape index (κ1) is 17.4. The lowest BCUT2D eigenvalue weighted by molar-refractivity contribution is 0.469. The lowest BCUT2D eigenvalue weighted by atomic mass is 10.0. The summed E-state index contributed by atoms with van der Waals surface area (Å²) in [6.45, 7) is 9.06. The maximum Gasteiger partial charge on any atom is 0.335 e. The Hall–Kier alpha value is -1.59. The first-order valence-corrected chi connectivity index (χ1v) is 6.42. The molecule has 6 nitrogen and oxygen atoms in total. The van der Waals surface area contributed by atoms with E-state index in [4.69, 9.17) is 0 Å². The maximum absolute atomic E-state index is 11.1. The van der Waals surface area contributed by atoms with Gasteiger partial charge in [0.15, 0.2) is 0 Å². The van der Waals surface area contributed by atoms with Crippen molar-refractivity contribution in [2.75, 3.05) is 0 Å². The monoisotopic (exact) mass is 271 g/mol. The third-order valence-corrected chi connectivity index (χ3v) is 2.66. The van der Waals surface area contributed by atoms with E-state index < -0.39 is 17.1 Å². The third kappa shape index (κ3) is 4.89. The number of rotatable bonds is 2. The van der Waals surface area contributed by atoms with E-state index in [0.29, 0.717) is 0 Å². The summed E-state index contributed by atoms with van der Waals surface area (Å²) < 4.78 is 2.63. The predicted octanol–water partition coefficient (Wildman–Crippen LogP) is 0.471. The molecule has 0 saturated heterocycles. The second-order valence-corrected chi connectivity index (χ2v) is 5.55. The van der Waals surface area contributed by atoms with Crippen molar-refractivity contribution in [1.82, 2.24) is 13.7 Å². The van der Waals surface area contributed by atoms with E-state index in [1.54, 1.807) is 0 Å². The van der Waals surface area contributed by atoms with Crippen LogP contribution in [0.5, 0.6) is 0 Å². The highest BCUT2D eigenvalue weighted by molar-refractivity contribution is 4.73. The number of hydrogen-bond donors (Lipinski definition) is 0. The molecule has 0 spiro atoms. The molecular weight excluding hydrogens is 246 g/mol. The highest BCUT2D eigenvalue weighted by Gasteiger charge is 2.05. The molecule has 0 aromatic carbocycles. The van der Waals surface area contributed by atoms with E-state index in [1.165, 1.54) is 27.6 Å². The van der Waals surface area contributed by atoms with Crippen molar-refractivity contribution in [3.05, 3.63) is 31.5 Å². The standard InChI is InChI=1S/C7H16.C6H9N3O3/c1-6(2)5-7(3)4;1-7-4(10)8(2)6(12)9(3)5(7)11/h6-7H,5H2,1-4H3;1-3H3. The van der Waals surface area contributed by atoms with E-state index in [1.807, 2.05) is 0 Å². The van der Waals surface area contributed by atoms with Gasteiger partial charge in [-0.3, -0.25) is 0 Å². The van der Waals surface area contributed by atoms with Gasteiger partial charge in [0, 0.05) is 21.1 Å². The van der Waals surface area contributed by atoms with Gasteiger partial charge in [0.2, 0.25) is 0 Å². The lowest BCUT2D eigenvalue weighted by Gasteiger charge is -2.05. The van der Waals surface area contributed by atoms with Crippen molar-refractivity contribution < 1.29 is 0 Å². The van der Waals surface area contributed by atoms with Crippen LogP contribution in [-0.2, 0) is 21.1 Å². The van der Waals surface area contributed by atoms with E-state index in [9.17, 15) is 14.4 Å². The highest BCUT2D eigenvalue weighted by Crippen LogP contribution is 2.08. The van der Waals surface area contributed by atoms with Gasteiger partial charge < -0.3 is 0 Å². The van der Waals surface area contributed by atoms with Gasteiger partial charge in [-0.15, -0.1) is 0 Å². The van der Waals surface area contributed by atoms with E-state index in [2.05, 4.69) is 27.7 Å². The summed E-state index contributed by atoms with van der Waals surface area (Å²) in [5, 5.41) is 0. The molecule has 0 fully saturated rings. The zero-order valence-corrected chi connectivity index (χ0v) is 12.9. The first-order chi connectivity index (χ1) is 8.59. The number of nitrogens with zero attached hydrogens (tertiary/aromatic N) is 3. The van der Waals surface area contributed by atoms with Crippen LogP contribution in [0.15, 0.2) is 14.4 Å². The van der Waals surface area contributed by atoms with Gasteiger partial charge in [-0.1, -0.05) is 27.7 Å². The molecule has 1 heterocycles. The molecule has 19 heavy (non-hydrogen) atoms. The lowest BCUT2D eigenvalue weighted by Crippen LogP contribution is -2.51. The molecule has 0 bridgehead atoms. The van der Waals surface area contributed by atoms with Crippen LogP contribution in [0, 0.1) is 11.8 Å². The smallest absolute Gasteiger partial charge is 0.248 e. The summed E-state index contributed by atoms with van der Waals surface area (Å²) in [5.74, 6) is 1.75. The van der Waals surface area contributed by atoms with Crippen LogP contribution in [0.4, 0.5) is 0 Å². The van der Waals surface area contributed by atoms with Gasteiger partial charge in [0.05, 0.1) is 0 Å². The second kappa shape index (κ2) is 7.11. The Balaban J connectivity index is 0.000000399. The Labute approximate surface area is 113 Å². The summed E-state index contributed by atoms with van der Waals surface area (Å²) in [6, 6.07) is 0. The van der Waals surface area contributed by atoms with E-state index >= 15 is 0 Å². The fraction of sp³-hybridized carbons (Fsp3) is 0.769. The van der Waals surface area contributed by atoms with Crippen LogP contribution in [0.1, 0.15) is 34.1 Å². The van der Waals surface area contributed by atoms with Crippen molar-refractivity contribution >= 4 is 0 Å². The van der Waals surface area contributed by atoms with Crippen LogP contribution in [0.3, 0.4) is 0 Å². The van der Waals surface area contributed by atoms with Gasteiger partial charge in [-0.25, -0.2) is 28.1 Å². The Morgan fingerprint density at radius 2 is 0.895 bits per heavy atom. The van der Waals surface area contributed by atoms with Gasteiger partial charge in [-0.05, 0) is 18.3 Å². The average Bonchev–Trinajstić information content (AvgIpc) is 2.30. The Bertz CT molecular complexity index is 469. The minimum absolute atomic E-state index is 0.608. The van der Waals surface area contributed by atoms with Crippen LogP contribution >= 0.6 is 0 Å². The van der Waals surface area contributed by atoms with Gasteiger partial charge in [0.1, 0.15) is 0 Å². The summed E-state index contributed by atoms with van der Waals surface area (Å²) in [4.78, 5) is 33.2. The van der Waals surface area contributed by atoms with Crippen molar-refractivity contribution in [1.29, 1.82) is 0 Å². The molecule has 0 radical (unpaired) electrons. The van der Waals surface area contributed by atoms with Crippen LogP contribution in [0.25, 0.3) is 0 Å². The molecule has 110 valence electrons. The molecule has 0 aliphatic rings. The molecule has 1 aromatic rings. The number of hydrogen-bond acceptors (Lipinski definition) is 3. The molecule has 0 N–H and O–H groups in total. The van der Waals surface area contributed by atoms with E-state index in [-0.39, 0.29) is 0 Å². The molecule has 0 saturated carbocycles. The average molecular weight is 271 g/mol. The molecule has 1 aromatic heterocycles. The highest BCUT2D eigenvalue weighted by atomic mass is 16.2. The zero-order chi connectivity index (χ0) is 15.3. The van der Waals surface area contributed by atoms with Crippen LogP contribution < -0.4 is 17.1 Å². The third-order valence-electron chi connectivity index (χ3n) is 2.66. The number of aromatic nitrogens is 3. The first-order valence-electron chi connectivity index (χ1n) is 6.42. The minimum atomic E-state index is -0.608. The second-order valence-electron chi connectivity index (χ2n) is 5.55. The van der Waals surface area contributed by atoms with Crippen molar-refractivity contribution in [2.45, 2.75) is 34.1 Å². The fourth-order valence-electron chi connectivity index (χ4n) is 1.86. The van der Waals surface area contributed by atoms with Crippen LogP contribution in [0.2, 0.25) is 0 Å². The van der Waals surface area contributed by atoms with Crippen LogP contribution in [-0.4, -0.2) is 13.7 Å². The van der Waals surface area contributed by atoms with E-state index in [0.717, 1.165) is 25.5 Å².